The Labute approximate surface area is 205 Å². The summed E-state index contributed by atoms with van der Waals surface area (Å²) in [5.41, 5.74) is 3.76. The van der Waals surface area contributed by atoms with E-state index in [0.29, 0.717) is 12.3 Å². The first-order valence-electron chi connectivity index (χ1n) is 11.9. The molecular formula is C26H43NO4S2. The lowest BCUT2D eigenvalue weighted by atomic mass is 9.97. The number of nitrogens with zero attached hydrogens (tertiary/aromatic N) is 1. The molecule has 0 bridgehead atoms. The molecular weight excluding hydrogens is 454 g/mol. The van der Waals surface area contributed by atoms with Crippen LogP contribution in [0.2, 0.25) is 0 Å². The van der Waals surface area contributed by atoms with Gasteiger partial charge >= 0.3 is 5.97 Å². The van der Waals surface area contributed by atoms with Gasteiger partial charge in [0, 0.05) is 11.8 Å². The quantitative estimate of drug-likeness (QED) is 0.258. The summed E-state index contributed by atoms with van der Waals surface area (Å²) in [6, 6.07) is 0. The number of carboxylic acids is 1. The monoisotopic (exact) mass is 497 g/mol. The predicted molar refractivity (Wildman–Crippen MR) is 140 cm³/mol. The summed E-state index contributed by atoms with van der Waals surface area (Å²) in [5.74, 6) is -0.645. The molecule has 1 rings (SSSR count). The van der Waals surface area contributed by atoms with Crippen molar-refractivity contribution in [2.24, 2.45) is 5.92 Å². The minimum absolute atomic E-state index is 0.125. The molecule has 5 nitrogen and oxygen atoms in total. The van der Waals surface area contributed by atoms with Crippen molar-refractivity contribution in [3.8, 4) is 0 Å². The van der Waals surface area contributed by atoms with Crippen molar-refractivity contribution in [2.75, 3.05) is 0 Å². The maximum absolute atomic E-state index is 13.0. The third kappa shape index (κ3) is 10.6. The van der Waals surface area contributed by atoms with E-state index in [1.807, 2.05) is 6.92 Å². The number of aliphatic carboxylic acids is 1. The fraction of sp³-hybridized carbons (Fsp3) is 0.692. The lowest BCUT2D eigenvalue weighted by Crippen LogP contribution is -2.39. The molecule has 0 radical (unpaired) electrons. The molecule has 7 heteroatoms. The maximum Gasteiger partial charge on any atom is 0.303 e. The number of sulfone groups is 1. The minimum Gasteiger partial charge on any atom is -0.481 e. The highest BCUT2D eigenvalue weighted by molar-refractivity contribution is 7.93. The first kappa shape index (κ1) is 29.6. The second kappa shape index (κ2) is 13.4. The number of carbonyl (C=O) groups is 1. The van der Waals surface area contributed by atoms with Crippen LogP contribution in [0.3, 0.4) is 0 Å². The zero-order valence-corrected chi connectivity index (χ0v) is 23.1. The van der Waals surface area contributed by atoms with Gasteiger partial charge in [0.15, 0.2) is 9.84 Å². The second-order valence-corrected chi connectivity index (χ2v) is 14.2. The van der Waals surface area contributed by atoms with Gasteiger partial charge in [0.2, 0.25) is 0 Å². The molecule has 1 aromatic heterocycles. The first-order valence-corrected chi connectivity index (χ1v) is 14.4. The number of hydrogen-bond acceptors (Lipinski definition) is 5. The lowest BCUT2D eigenvalue weighted by Gasteiger charge is -2.29. The summed E-state index contributed by atoms with van der Waals surface area (Å²) in [7, 11) is -3.40. The van der Waals surface area contributed by atoms with Crippen LogP contribution >= 0.6 is 11.3 Å². The third-order valence-electron chi connectivity index (χ3n) is 6.31. The van der Waals surface area contributed by atoms with E-state index in [0.717, 1.165) is 42.8 Å². The molecule has 1 heterocycles. The van der Waals surface area contributed by atoms with Gasteiger partial charge in [-0.05, 0) is 92.1 Å². The predicted octanol–water partition coefficient (Wildman–Crippen LogP) is 7.22. The number of hydrogen-bond donors (Lipinski definition) is 1. The van der Waals surface area contributed by atoms with E-state index in [1.165, 1.54) is 11.1 Å². The van der Waals surface area contributed by atoms with Crippen molar-refractivity contribution in [3.63, 3.8) is 0 Å². The van der Waals surface area contributed by atoms with Crippen LogP contribution in [-0.2, 0) is 14.6 Å². The molecule has 0 aliphatic heterocycles. The van der Waals surface area contributed by atoms with Crippen LogP contribution in [0.1, 0.15) is 104 Å². The molecule has 0 fully saturated rings. The highest BCUT2D eigenvalue weighted by Crippen LogP contribution is 2.30. The molecule has 0 saturated heterocycles. The zero-order valence-electron chi connectivity index (χ0n) is 21.5. The van der Waals surface area contributed by atoms with Crippen LogP contribution in [-0.4, -0.2) is 34.5 Å². The van der Waals surface area contributed by atoms with Crippen LogP contribution in [0.25, 0.3) is 6.08 Å². The summed E-state index contributed by atoms with van der Waals surface area (Å²) >= 11 is 1.67. The van der Waals surface area contributed by atoms with Gasteiger partial charge in [-0.25, -0.2) is 13.4 Å². The van der Waals surface area contributed by atoms with Gasteiger partial charge in [0.25, 0.3) is 0 Å². The number of aromatic nitrogens is 1. The van der Waals surface area contributed by atoms with Gasteiger partial charge < -0.3 is 5.11 Å². The Bertz CT molecular complexity index is 926. The number of aryl methyl sites for hydroxylation is 1. The van der Waals surface area contributed by atoms with Crippen LogP contribution in [0, 0.1) is 12.8 Å². The Morgan fingerprint density at radius 3 is 2.42 bits per heavy atom. The Morgan fingerprint density at radius 1 is 1.18 bits per heavy atom. The third-order valence-corrected chi connectivity index (χ3v) is 10.1. The van der Waals surface area contributed by atoms with Gasteiger partial charge in [0.1, 0.15) is 0 Å². The largest absolute Gasteiger partial charge is 0.481 e. The van der Waals surface area contributed by atoms with Crippen molar-refractivity contribution in [2.45, 2.75) is 110 Å². The van der Waals surface area contributed by atoms with Crippen LogP contribution in [0.15, 0.2) is 22.6 Å². The lowest BCUT2D eigenvalue weighted by molar-refractivity contribution is -0.137. The van der Waals surface area contributed by atoms with E-state index >= 15 is 0 Å². The fourth-order valence-corrected chi connectivity index (χ4v) is 6.68. The van der Waals surface area contributed by atoms with E-state index in [1.54, 1.807) is 32.1 Å². The summed E-state index contributed by atoms with van der Waals surface area (Å²) in [6.07, 6.45) is 10.2. The van der Waals surface area contributed by atoms with Crippen molar-refractivity contribution >= 4 is 33.2 Å². The summed E-state index contributed by atoms with van der Waals surface area (Å²) in [5, 5.41) is 11.6. The standard InChI is InChI=1S/C26H43NO4S2/c1-19(11-9-13-21(3)17-24-18-32-23(5)27-24)10-8-12-20(2)16-22(4)33(30,31)26(6,7)15-14-25(28)29/h11,17-18,20,22H,8-10,12-16H2,1-7H3,(H,28,29)/b19-11-,21-17+. The average molecular weight is 498 g/mol. The highest BCUT2D eigenvalue weighted by Gasteiger charge is 2.38. The molecule has 2 unspecified atom stereocenters. The van der Waals surface area contributed by atoms with Gasteiger partial charge in [-0.3, -0.25) is 4.79 Å². The van der Waals surface area contributed by atoms with E-state index in [4.69, 9.17) is 5.11 Å². The van der Waals surface area contributed by atoms with Crippen molar-refractivity contribution in [1.82, 2.24) is 4.98 Å². The SMILES string of the molecule is C/C(=C/CC/C(C)=C/c1csc(C)n1)CCCC(C)CC(C)S(=O)(=O)C(C)(C)CCC(=O)O. The normalized spacial score (nSPS) is 15.5. The van der Waals surface area contributed by atoms with E-state index in [-0.39, 0.29) is 12.8 Å². The Morgan fingerprint density at radius 2 is 1.85 bits per heavy atom. The van der Waals surface area contributed by atoms with E-state index < -0.39 is 25.8 Å². The molecule has 0 spiro atoms. The van der Waals surface area contributed by atoms with Crippen LogP contribution in [0.5, 0.6) is 0 Å². The molecule has 33 heavy (non-hydrogen) atoms. The highest BCUT2D eigenvalue weighted by atomic mass is 32.2. The summed E-state index contributed by atoms with van der Waals surface area (Å²) < 4.78 is 24.9. The molecule has 1 aromatic rings. The molecule has 0 amide bonds. The van der Waals surface area contributed by atoms with Gasteiger partial charge in [-0.1, -0.05) is 30.6 Å². The molecule has 0 aliphatic rings. The van der Waals surface area contributed by atoms with Gasteiger partial charge in [-0.2, -0.15) is 0 Å². The smallest absolute Gasteiger partial charge is 0.303 e. The van der Waals surface area contributed by atoms with E-state index in [9.17, 15) is 13.2 Å². The van der Waals surface area contributed by atoms with Gasteiger partial charge in [0.05, 0.1) is 20.7 Å². The van der Waals surface area contributed by atoms with Crippen molar-refractivity contribution in [1.29, 1.82) is 0 Å². The zero-order chi connectivity index (χ0) is 25.2. The molecule has 188 valence electrons. The molecule has 0 aromatic carbocycles. The fourth-order valence-electron chi connectivity index (χ4n) is 4.05. The second-order valence-electron chi connectivity index (χ2n) is 10.1. The molecule has 1 N–H and O–H groups in total. The van der Waals surface area contributed by atoms with E-state index in [2.05, 4.69) is 43.3 Å². The Balaban J connectivity index is 2.41. The molecule has 0 saturated carbocycles. The topological polar surface area (TPSA) is 84.3 Å². The average Bonchev–Trinajstić information content (AvgIpc) is 3.10. The van der Waals surface area contributed by atoms with Gasteiger partial charge in [-0.15, -0.1) is 11.3 Å². The Hall–Kier alpha value is -1.47. The maximum atomic E-state index is 13.0. The number of rotatable bonds is 15. The minimum atomic E-state index is -3.40. The summed E-state index contributed by atoms with van der Waals surface area (Å²) in [6.45, 7) is 13.5. The summed E-state index contributed by atoms with van der Waals surface area (Å²) in [4.78, 5) is 15.3. The van der Waals surface area contributed by atoms with Crippen LogP contribution < -0.4 is 0 Å². The Kier molecular flexibility index (Phi) is 12.0. The number of thiazole rings is 1. The van der Waals surface area contributed by atoms with Crippen molar-refractivity contribution < 1.29 is 18.3 Å². The first-order chi connectivity index (χ1) is 15.2. The molecule has 2 atom stereocenters. The number of allylic oxidation sites excluding steroid dienone is 3. The number of carboxylic acid groups (broad SMARTS) is 1. The van der Waals surface area contributed by atoms with Crippen molar-refractivity contribution in [3.05, 3.63) is 33.3 Å². The molecule has 0 aliphatic carbocycles. The van der Waals surface area contributed by atoms with Crippen LogP contribution in [0.4, 0.5) is 0 Å².